The average molecular weight is 265 g/mol. The Morgan fingerprint density at radius 1 is 1.46 bits per heavy atom. The number of carboxylic acid groups (broad SMARTS) is 1. The molecule has 0 aromatic carbocycles. The number of rotatable bonds is 2. The second kappa shape index (κ2) is 8.38. The van der Waals surface area contributed by atoms with Crippen molar-refractivity contribution >= 4 is 16.4 Å². The first kappa shape index (κ1) is 18.5. The summed E-state index contributed by atoms with van der Waals surface area (Å²) >= 11 is 0. The molecule has 8 nitrogen and oxygen atoms in total. The summed E-state index contributed by atoms with van der Waals surface area (Å²) < 4.78 is 34.1. The Balaban J connectivity index is -0.000000150. The van der Waals surface area contributed by atoms with Gasteiger partial charge in [-0.25, -0.2) is 0 Å². The van der Waals surface area contributed by atoms with Crippen LogP contribution in [0.15, 0.2) is 0 Å². The van der Waals surface area contributed by atoms with Crippen LogP contribution in [0.4, 0.5) is 0 Å². The molecule has 1 radical (unpaired) electrons. The van der Waals surface area contributed by atoms with Crippen molar-refractivity contribution in [3.8, 4) is 0 Å². The number of hydrogen-bond acceptors (Lipinski definition) is 7. The van der Waals surface area contributed by atoms with E-state index in [1.165, 1.54) is 0 Å². The van der Waals surface area contributed by atoms with E-state index in [1.807, 2.05) is 0 Å². The Labute approximate surface area is 84.8 Å². The third-order valence-electron chi connectivity index (χ3n) is 0.514. The maximum Gasteiger partial charge on any atom is 2.00 e. The molecule has 0 heterocycles. The predicted octanol–water partition coefficient (Wildman–Crippen LogP) is -2.95. The summed E-state index contributed by atoms with van der Waals surface area (Å²) in [5.41, 5.74) is 4.77. The zero-order chi connectivity index (χ0) is 10.4. The van der Waals surface area contributed by atoms with Crippen molar-refractivity contribution in [3.05, 3.63) is 0 Å². The number of carboxylic acids is 1. The van der Waals surface area contributed by atoms with Crippen LogP contribution in [-0.2, 0) is 32.3 Å². The van der Waals surface area contributed by atoms with E-state index in [0.717, 1.165) is 0 Å². The van der Waals surface area contributed by atoms with Gasteiger partial charge in [0.15, 0.2) is 0 Å². The molecular weight excluding hydrogens is 258 g/mol. The van der Waals surface area contributed by atoms with Gasteiger partial charge in [-0.3, -0.25) is 13.2 Å². The van der Waals surface area contributed by atoms with E-state index in [-0.39, 0.29) is 17.1 Å². The van der Waals surface area contributed by atoms with Gasteiger partial charge in [0.2, 0.25) is 0 Å². The molecule has 13 heavy (non-hydrogen) atoms. The molecule has 1 atom stereocenters. The molecule has 83 valence electrons. The Hall–Kier alpha value is -0.221. The topological polar surface area (TPSA) is 164 Å². The SMILES string of the molecule is NC(CO)C(=O)O.O=S(=O)([O-])[O-].[Cu+2]. The van der Waals surface area contributed by atoms with Gasteiger partial charge in [0.25, 0.3) is 0 Å². The molecule has 4 N–H and O–H groups in total. The minimum absolute atomic E-state index is 0. The summed E-state index contributed by atoms with van der Waals surface area (Å²) in [6.07, 6.45) is 0. The molecule has 0 fully saturated rings. The number of hydrogen-bond donors (Lipinski definition) is 3. The second-order valence-electron chi connectivity index (χ2n) is 1.54. The van der Waals surface area contributed by atoms with Crippen LogP contribution < -0.4 is 5.73 Å². The van der Waals surface area contributed by atoms with Gasteiger partial charge >= 0.3 is 23.0 Å². The van der Waals surface area contributed by atoms with Crippen molar-refractivity contribution in [2.75, 3.05) is 6.61 Å². The number of aliphatic hydroxyl groups is 1. The fraction of sp³-hybridized carbons (Fsp3) is 0.667. The molecule has 0 amide bonds. The third kappa shape index (κ3) is 33.7. The van der Waals surface area contributed by atoms with Crippen molar-refractivity contribution in [1.29, 1.82) is 0 Å². The summed E-state index contributed by atoms with van der Waals surface area (Å²) in [7, 11) is -5.17. The maximum absolute atomic E-state index is 9.65. The number of aliphatic hydroxyl groups excluding tert-OH is 1. The average Bonchev–Trinajstić information content (AvgIpc) is 1.82. The third-order valence-corrected chi connectivity index (χ3v) is 0.514. The van der Waals surface area contributed by atoms with Crippen molar-refractivity contribution in [2.24, 2.45) is 5.73 Å². The van der Waals surface area contributed by atoms with Crippen LogP contribution in [0.25, 0.3) is 0 Å². The Morgan fingerprint density at radius 3 is 1.69 bits per heavy atom. The molecule has 10 heteroatoms. The first-order valence-electron chi connectivity index (χ1n) is 2.44. The maximum atomic E-state index is 9.65. The minimum atomic E-state index is -5.17. The quantitative estimate of drug-likeness (QED) is 0.271. The van der Waals surface area contributed by atoms with Crippen LogP contribution in [-0.4, -0.2) is 46.4 Å². The van der Waals surface area contributed by atoms with E-state index >= 15 is 0 Å². The molecule has 0 aliphatic rings. The van der Waals surface area contributed by atoms with Crippen molar-refractivity contribution in [1.82, 2.24) is 0 Å². The number of nitrogens with two attached hydrogens (primary N) is 1. The fourth-order valence-corrected chi connectivity index (χ4v) is 0.0781. The van der Waals surface area contributed by atoms with Crippen molar-refractivity contribution < 1.29 is 49.6 Å². The van der Waals surface area contributed by atoms with Gasteiger partial charge in [0.05, 0.1) is 6.61 Å². The van der Waals surface area contributed by atoms with E-state index in [1.54, 1.807) is 0 Å². The monoisotopic (exact) mass is 264 g/mol. The normalized spacial score (nSPS) is 11.7. The molecule has 0 aliphatic heterocycles. The summed E-state index contributed by atoms with van der Waals surface area (Å²) in [6.45, 7) is -0.505. The largest absolute Gasteiger partial charge is 2.00 e. The van der Waals surface area contributed by atoms with E-state index in [4.69, 9.17) is 33.5 Å². The van der Waals surface area contributed by atoms with Crippen LogP contribution in [0.3, 0.4) is 0 Å². The Morgan fingerprint density at radius 2 is 1.69 bits per heavy atom. The predicted molar refractivity (Wildman–Crippen MR) is 33.2 cm³/mol. The van der Waals surface area contributed by atoms with Gasteiger partial charge in [-0.15, -0.1) is 0 Å². The first-order valence-corrected chi connectivity index (χ1v) is 3.77. The van der Waals surface area contributed by atoms with Crippen molar-refractivity contribution in [3.63, 3.8) is 0 Å². The Kier molecular flexibility index (Phi) is 12.0. The number of aliphatic carboxylic acids is 1. The summed E-state index contributed by atoms with van der Waals surface area (Å²) in [5.74, 6) is -1.18. The van der Waals surface area contributed by atoms with Crippen LogP contribution in [0.5, 0.6) is 0 Å². The first-order chi connectivity index (χ1) is 5.18. The van der Waals surface area contributed by atoms with E-state index in [2.05, 4.69) is 0 Å². The van der Waals surface area contributed by atoms with E-state index in [0.29, 0.717) is 0 Å². The summed E-state index contributed by atoms with van der Waals surface area (Å²) in [5, 5.41) is 15.9. The van der Waals surface area contributed by atoms with Crippen LogP contribution in [0.2, 0.25) is 0 Å². The molecule has 0 saturated carbocycles. The van der Waals surface area contributed by atoms with Crippen LogP contribution >= 0.6 is 0 Å². The van der Waals surface area contributed by atoms with E-state index < -0.39 is 29.0 Å². The molecule has 0 spiro atoms. The molecule has 0 bridgehead atoms. The molecule has 0 aliphatic carbocycles. The summed E-state index contributed by atoms with van der Waals surface area (Å²) in [6, 6.07) is -1.13. The number of carbonyl (C=O) groups is 1. The molecule has 0 rings (SSSR count). The van der Waals surface area contributed by atoms with Crippen LogP contribution in [0, 0.1) is 0 Å². The Bertz CT molecular complexity index is 218. The molecule has 0 saturated heterocycles. The van der Waals surface area contributed by atoms with Gasteiger partial charge in [-0.2, -0.15) is 0 Å². The van der Waals surface area contributed by atoms with Gasteiger partial charge in [-0.05, 0) is 0 Å². The van der Waals surface area contributed by atoms with E-state index in [9.17, 15) is 4.79 Å². The second-order valence-corrected chi connectivity index (χ2v) is 2.35. The van der Waals surface area contributed by atoms with Gasteiger partial charge in [0.1, 0.15) is 6.04 Å². The van der Waals surface area contributed by atoms with Gasteiger partial charge in [0, 0.05) is 10.4 Å². The van der Waals surface area contributed by atoms with Crippen molar-refractivity contribution in [2.45, 2.75) is 6.04 Å². The molecule has 1 unspecified atom stereocenters. The molecule has 0 aromatic heterocycles. The zero-order valence-electron chi connectivity index (χ0n) is 6.01. The van der Waals surface area contributed by atoms with Crippen LogP contribution in [0.1, 0.15) is 0 Å². The zero-order valence-corrected chi connectivity index (χ0v) is 7.77. The fourth-order valence-electron chi connectivity index (χ4n) is 0.0781. The van der Waals surface area contributed by atoms with Gasteiger partial charge in [-0.1, -0.05) is 0 Å². The summed E-state index contributed by atoms with van der Waals surface area (Å²) in [4.78, 5) is 9.65. The smallest absolute Gasteiger partial charge is 0.759 e. The molecule has 0 aromatic rings. The standard InChI is InChI=1S/C3H7NO3.Cu.H2O4S/c4-2(1-5)3(6)7;;1-5(2,3)4/h2,5H,1,4H2,(H,6,7);;(H2,1,2,3,4)/q;+2;/p-2. The van der Waals surface area contributed by atoms with Gasteiger partial charge < -0.3 is 25.1 Å². The molecular formula is C3H7CuNO7S. The minimum Gasteiger partial charge on any atom is -0.759 e.